The van der Waals surface area contributed by atoms with Crippen LogP contribution in [0.4, 0.5) is 11.6 Å². The number of hydrogen-bond acceptors (Lipinski definition) is 7. The normalized spacial score (nSPS) is 10.2. The van der Waals surface area contributed by atoms with Gasteiger partial charge >= 0.3 is 5.97 Å². The molecule has 3 rings (SSSR count). The summed E-state index contributed by atoms with van der Waals surface area (Å²) in [6, 6.07) is 12.1. The molecule has 0 saturated carbocycles. The van der Waals surface area contributed by atoms with Crippen molar-refractivity contribution in [2.75, 3.05) is 11.9 Å². The highest BCUT2D eigenvalue weighted by Crippen LogP contribution is 2.19. The van der Waals surface area contributed by atoms with Crippen molar-refractivity contribution in [3.63, 3.8) is 0 Å². The number of esters is 1. The third-order valence-electron chi connectivity index (χ3n) is 3.73. The van der Waals surface area contributed by atoms with Crippen molar-refractivity contribution in [3.05, 3.63) is 77.9 Å². The molecule has 0 aliphatic carbocycles. The maximum Gasteiger partial charge on any atom is 0.340 e. The molecule has 2 aromatic heterocycles. The van der Waals surface area contributed by atoms with Crippen LogP contribution < -0.4 is 10.6 Å². The van der Waals surface area contributed by atoms with Crippen LogP contribution in [-0.4, -0.2) is 33.4 Å². The third kappa shape index (κ3) is 4.88. The molecule has 8 heteroatoms. The van der Waals surface area contributed by atoms with Crippen molar-refractivity contribution >= 4 is 23.5 Å². The SMILES string of the molecule is CCOC(=O)c1ccccc1Nc1nccc(C(=O)NCc2cccnc2)n1. The lowest BCUT2D eigenvalue weighted by atomic mass is 10.2. The second-order valence-corrected chi connectivity index (χ2v) is 5.70. The average molecular weight is 377 g/mol. The quantitative estimate of drug-likeness (QED) is 0.610. The smallest absolute Gasteiger partial charge is 0.340 e. The molecular formula is C20H19N5O3. The summed E-state index contributed by atoms with van der Waals surface area (Å²) in [6.45, 7) is 2.35. The molecule has 0 saturated heterocycles. The fraction of sp³-hybridized carbons (Fsp3) is 0.150. The zero-order valence-electron chi connectivity index (χ0n) is 15.3. The predicted molar refractivity (Wildman–Crippen MR) is 103 cm³/mol. The molecule has 0 spiro atoms. The average Bonchev–Trinajstić information content (AvgIpc) is 2.73. The first-order valence-corrected chi connectivity index (χ1v) is 8.70. The molecule has 2 N–H and O–H groups in total. The Labute approximate surface area is 162 Å². The molecule has 0 aliphatic heterocycles. The molecule has 28 heavy (non-hydrogen) atoms. The van der Waals surface area contributed by atoms with E-state index in [0.29, 0.717) is 17.8 Å². The Hall–Kier alpha value is -3.81. The third-order valence-corrected chi connectivity index (χ3v) is 3.73. The van der Waals surface area contributed by atoms with Crippen LogP contribution in [0.3, 0.4) is 0 Å². The van der Waals surface area contributed by atoms with Gasteiger partial charge in [-0.2, -0.15) is 0 Å². The van der Waals surface area contributed by atoms with Gasteiger partial charge in [-0.3, -0.25) is 9.78 Å². The first kappa shape index (κ1) is 19.0. The van der Waals surface area contributed by atoms with E-state index in [0.717, 1.165) is 5.56 Å². The second kappa shape index (κ2) is 9.22. The first-order chi connectivity index (χ1) is 13.7. The van der Waals surface area contributed by atoms with Crippen LogP contribution in [-0.2, 0) is 11.3 Å². The number of para-hydroxylation sites is 1. The Morgan fingerprint density at radius 1 is 1.07 bits per heavy atom. The molecule has 142 valence electrons. The number of amides is 1. The molecule has 0 atom stereocenters. The van der Waals surface area contributed by atoms with E-state index in [4.69, 9.17) is 4.74 Å². The minimum absolute atomic E-state index is 0.200. The van der Waals surface area contributed by atoms with Crippen LogP contribution in [0.2, 0.25) is 0 Å². The van der Waals surface area contributed by atoms with Crippen molar-refractivity contribution in [3.8, 4) is 0 Å². The number of rotatable bonds is 7. The number of pyridine rings is 1. The Morgan fingerprint density at radius 3 is 2.71 bits per heavy atom. The molecule has 2 heterocycles. The van der Waals surface area contributed by atoms with Gasteiger partial charge in [-0.1, -0.05) is 18.2 Å². The molecule has 8 nitrogen and oxygen atoms in total. The van der Waals surface area contributed by atoms with Gasteiger partial charge in [0.15, 0.2) is 0 Å². The molecule has 0 radical (unpaired) electrons. The summed E-state index contributed by atoms with van der Waals surface area (Å²) in [7, 11) is 0. The minimum Gasteiger partial charge on any atom is -0.462 e. The van der Waals surface area contributed by atoms with Gasteiger partial charge in [-0.05, 0) is 36.8 Å². The van der Waals surface area contributed by atoms with Crippen LogP contribution in [0.15, 0.2) is 61.1 Å². The Bertz CT molecular complexity index is 963. The van der Waals surface area contributed by atoms with E-state index < -0.39 is 5.97 Å². The van der Waals surface area contributed by atoms with Crippen molar-refractivity contribution in [2.45, 2.75) is 13.5 Å². The van der Waals surface area contributed by atoms with E-state index in [1.165, 1.54) is 12.3 Å². The number of nitrogens with one attached hydrogen (secondary N) is 2. The molecule has 0 fully saturated rings. The lowest BCUT2D eigenvalue weighted by molar-refractivity contribution is 0.0527. The number of ether oxygens (including phenoxy) is 1. The van der Waals surface area contributed by atoms with Crippen molar-refractivity contribution < 1.29 is 14.3 Å². The van der Waals surface area contributed by atoms with Crippen molar-refractivity contribution in [2.24, 2.45) is 0 Å². The van der Waals surface area contributed by atoms with Crippen molar-refractivity contribution in [1.82, 2.24) is 20.3 Å². The molecule has 1 amide bonds. The molecule has 0 unspecified atom stereocenters. The topological polar surface area (TPSA) is 106 Å². The predicted octanol–water partition coefficient (Wildman–Crippen LogP) is 2.72. The van der Waals surface area contributed by atoms with E-state index in [-0.39, 0.29) is 24.2 Å². The largest absolute Gasteiger partial charge is 0.462 e. The monoisotopic (exact) mass is 377 g/mol. The lowest BCUT2D eigenvalue weighted by Gasteiger charge is -2.11. The van der Waals surface area contributed by atoms with Gasteiger partial charge in [0.05, 0.1) is 17.9 Å². The van der Waals surface area contributed by atoms with Gasteiger partial charge in [-0.15, -0.1) is 0 Å². The summed E-state index contributed by atoms with van der Waals surface area (Å²) in [5.74, 6) is -0.588. The number of carbonyl (C=O) groups is 2. The highest BCUT2D eigenvalue weighted by Gasteiger charge is 2.14. The Balaban J connectivity index is 1.72. The molecular weight excluding hydrogens is 358 g/mol. The van der Waals surface area contributed by atoms with Crippen LogP contribution in [0.25, 0.3) is 0 Å². The van der Waals surface area contributed by atoms with Gasteiger partial charge in [0.2, 0.25) is 5.95 Å². The lowest BCUT2D eigenvalue weighted by Crippen LogP contribution is -2.24. The number of nitrogens with zero attached hydrogens (tertiary/aromatic N) is 3. The van der Waals surface area contributed by atoms with E-state index >= 15 is 0 Å². The summed E-state index contributed by atoms with van der Waals surface area (Å²) < 4.78 is 5.05. The highest BCUT2D eigenvalue weighted by atomic mass is 16.5. The summed E-state index contributed by atoms with van der Waals surface area (Å²) in [6.07, 6.45) is 4.82. The number of benzene rings is 1. The Kier molecular flexibility index (Phi) is 6.25. The number of hydrogen-bond donors (Lipinski definition) is 2. The zero-order chi connectivity index (χ0) is 19.8. The van der Waals surface area contributed by atoms with Crippen LogP contribution in [0.5, 0.6) is 0 Å². The number of aromatic nitrogens is 3. The summed E-state index contributed by atoms with van der Waals surface area (Å²) in [5, 5.41) is 5.75. The Morgan fingerprint density at radius 2 is 1.93 bits per heavy atom. The second-order valence-electron chi connectivity index (χ2n) is 5.70. The van der Waals surface area contributed by atoms with Crippen LogP contribution in [0.1, 0.15) is 33.3 Å². The van der Waals surface area contributed by atoms with Gasteiger partial charge < -0.3 is 15.4 Å². The van der Waals surface area contributed by atoms with Gasteiger partial charge in [0, 0.05) is 25.1 Å². The minimum atomic E-state index is -0.448. The molecule has 0 aliphatic rings. The first-order valence-electron chi connectivity index (χ1n) is 8.70. The van der Waals surface area contributed by atoms with Gasteiger partial charge in [0.25, 0.3) is 5.91 Å². The number of carbonyl (C=O) groups excluding carboxylic acids is 2. The maximum atomic E-state index is 12.4. The molecule has 1 aromatic carbocycles. The van der Waals surface area contributed by atoms with Crippen molar-refractivity contribution in [1.29, 1.82) is 0 Å². The van der Waals surface area contributed by atoms with Crippen LogP contribution in [0, 0.1) is 0 Å². The van der Waals surface area contributed by atoms with E-state index in [1.807, 2.05) is 6.07 Å². The van der Waals surface area contributed by atoms with E-state index in [1.54, 1.807) is 49.6 Å². The fourth-order valence-electron chi connectivity index (χ4n) is 2.42. The van der Waals surface area contributed by atoms with Crippen LogP contribution >= 0.6 is 0 Å². The maximum absolute atomic E-state index is 12.4. The van der Waals surface area contributed by atoms with Gasteiger partial charge in [0.1, 0.15) is 5.69 Å². The van der Waals surface area contributed by atoms with Gasteiger partial charge in [-0.25, -0.2) is 14.8 Å². The molecule has 0 bridgehead atoms. The highest BCUT2D eigenvalue weighted by molar-refractivity contribution is 5.96. The standard InChI is InChI=1S/C20H19N5O3/c1-2-28-19(27)15-7-3-4-8-16(15)24-20-22-11-9-17(25-20)18(26)23-13-14-6-5-10-21-12-14/h3-12H,2,13H2,1H3,(H,23,26)(H,22,24,25). The summed E-state index contributed by atoms with van der Waals surface area (Å²) >= 11 is 0. The van der Waals surface area contributed by atoms with E-state index in [9.17, 15) is 9.59 Å². The fourth-order valence-corrected chi connectivity index (χ4v) is 2.42. The number of anilines is 2. The zero-order valence-corrected chi connectivity index (χ0v) is 15.3. The summed E-state index contributed by atoms with van der Waals surface area (Å²) in [4.78, 5) is 36.8. The summed E-state index contributed by atoms with van der Waals surface area (Å²) in [5.41, 5.74) is 1.94. The van der Waals surface area contributed by atoms with E-state index in [2.05, 4.69) is 25.6 Å². The molecule has 3 aromatic rings.